The van der Waals surface area contributed by atoms with Crippen LogP contribution < -0.4 is 0 Å². The van der Waals surface area contributed by atoms with Gasteiger partial charge in [0.15, 0.2) is 17.5 Å². The van der Waals surface area contributed by atoms with Crippen LogP contribution in [-0.4, -0.2) is 15.0 Å². The summed E-state index contributed by atoms with van der Waals surface area (Å²) in [5.74, 6) is 1.85. The van der Waals surface area contributed by atoms with Gasteiger partial charge in [0.1, 0.15) is 11.2 Å². The van der Waals surface area contributed by atoms with E-state index in [1.165, 1.54) is 16.3 Å². The Morgan fingerprint density at radius 1 is 0.302 bits per heavy atom. The fourth-order valence-electron chi connectivity index (χ4n) is 7.26. The van der Waals surface area contributed by atoms with Crippen molar-refractivity contribution in [1.82, 2.24) is 15.0 Å². The van der Waals surface area contributed by atoms with Crippen LogP contribution in [0.15, 0.2) is 192 Å². The van der Waals surface area contributed by atoms with Crippen LogP contribution in [0.1, 0.15) is 0 Å². The molecule has 0 bridgehead atoms. The van der Waals surface area contributed by atoms with Gasteiger partial charge in [0.2, 0.25) is 0 Å². The van der Waals surface area contributed by atoms with Gasteiger partial charge in [0.05, 0.1) is 0 Å². The lowest BCUT2D eigenvalue weighted by Crippen LogP contribution is -2.00. The molecule has 10 aromatic rings. The SMILES string of the molecule is c1ccc(-c2cc(-c3nc(-c4ccccc4)nc(-c4ccc(-c5ccc6ccccc6c5)cc4)n3)cc(-c3cccc4oc5ccccc5c34)c2)cc1. The Morgan fingerprint density at radius 2 is 0.830 bits per heavy atom. The number of para-hydroxylation sites is 1. The summed E-state index contributed by atoms with van der Waals surface area (Å²) in [5.41, 5.74) is 11.1. The average molecular weight is 678 g/mol. The van der Waals surface area contributed by atoms with Crippen molar-refractivity contribution in [2.45, 2.75) is 0 Å². The van der Waals surface area contributed by atoms with Crippen LogP contribution in [0.3, 0.4) is 0 Å². The Kier molecular flexibility index (Phi) is 7.43. The van der Waals surface area contributed by atoms with E-state index in [1.54, 1.807) is 0 Å². The van der Waals surface area contributed by atoms with Crippen LogP contribution in [0.2, 0.25) is 0 Å². The molecule has 0 aliphatic carbocycles. The molecule has 0 saturated carbocycles. The number of benzene rings is 8. The number of nitrogens with zero attached hydrogens (tertiary/aromatic N) is 3. The molecular weight excluding hydrogens is 647 g/mol. The highest BCUT2D eigenvalue weighted by molar-refractivity contribution is 6.12. The molecule has 2 aromatic heterocycles. The number of rotatable bonds is 6. The molecule has 2 heterocycles. The van der Waals surface area contributed by atoms with Gasteiger partial charge in [-0.05, 0) is 80.6 Å². The Bertz CT molecular complexity index is 2930. The van der Waals surface area contributed by atoms with Gasteiger partial charge in [-0.3, -0.25) is 0 Å². The van der Waals surface area contributed by atoms with Crippen molar-refractivity contribution >= 4 is 32.7 Å². The predicted molar refractivity (Wildman–Crippen MR) is 217 cm³/mol. The minimum atomic E-state index is 0.607. The van der Waals surface area contributed by atoms with Gasteiger partial charge in [0.25, 0.3) is 0 Å². The number of fused-ring (bicyclic) bond motifs is 4. The van der Waals surface area contributed by atoms with E-state index in [1.807, 2.05) is 54.6 Å². The quantitative estimate of drug-likeness (QED) is 0.176. The summed E-state index contributed by atoms with van der Waals surface area (Å²) < 4.78 is 6.30. The predicted octanol–water partition coefficient (Wildman–Crippen LogP) is 12.9. The van der Waals surface area contributed by atoms with Crippen molar-refractivity contribution in [3.63, 3.8) is 0 Å². The van der Waals surface area contributed by atoms with Gasteiger partial charge in [-0.25, -0.2) is 15.0 Å². The fourth-order valence-corrected chi connectivity index (χ4v) is 7.26. The van der Waals surface area contributed by atoms with E-state index in [0.29, 0.717) is 17.5 Å². The van der Waals surface area contributed by atoms with E-state index < -0.39 is 0 Å². The lowest BCUT2D eigenvalue weighted by atomic mass is 9.93. The van der Waals surface area contributed by atoms with Crippen LogP contribution >= 0.6 is 0 Å². The summed E-state index contributed by atoms with van der Waals surface area (Å²) >= 11 is 0. The third kappa shape index (κ3) is 5.73. The molecule has 53 heavy (non-hydrogen) atoms. The van der Waals surface area contributed by atoms with Gasteiger partial charge in [-0.15, -0.1) is 0 Å². The third-order valence-corrected chi connectivity index (χ3v) is 9.91. The normalized spacial score (nSPS) is 11.4. The van der Waals surface area contributed by atoms with E-state index in [4.69, 9.17) is 19.4 Å². The van der Waals surface area contributed by atoms with Crippen molar-refractivity contribution in [1.29, 1.82) is 0 Å². The molecule has 0 radical (unpaired) electrons. The molecule has 0 aliphatic heterocycles. The molecule has 4 heteroatoms. The molecule has 0 aliphatic rings. The third-order valence-electron chi connectivity index (χ3n) is 9.91. The summed E-state index contributed by atoms with van der Waals surface area (Å²) in [7, 11) is 0. The van der Waals surface area contributed by atoms with Crippen LogP contribution in [0.5, 0.6) is 0 Å². The Morgan fingerprint density at radius 3 is 1.60 bits per heavy atom. The monoisotopic (exact) mass is 677 g/mol. The molecule has 0 N–H and O–H groups in total. The van der Waals surface area contributed by atoms with Crippen molar-refractivity contribution < 1.29 is 4.42 Å². The number of hydrogen-bond donors (Lipinski definition) is 0. The van der Waals surface area contributed by atoms with E-state index in [2.05, 4.69) is 133 Å². The lowest BCUT2D eigenvalue weighted by Gasteiger charge is -2.13. The van der Waals surface area contributed by atoms with Gasteiger partial charge < -0.3 is 4.42 Å². The van der Waals surface area contributed by atoms with E-state index in [0.717, 1.165) is 66.4 Å². The summed E-state index contributed by atoms with van der Waals surface area (Å²) in [6.07, 6.45) is 0. The average Bonchev–Trinajstić information content (AvgIpc) is 3.63. The Balaban J connectivity index is 1.14. The highest BCUT2D eigenvalue weighted by atomic mass is 16.3. The summed E-state index contributed by atoms with van der Waals surface area (Å²) in [5, 5.41) is 4.63. The second kappa shape index (κ2) is 12.9. The second-order valence-electron chi connectivity index (χ2n) is 13.3. The minimum absolute atomic E-state index is 0.607. The first kappa shape index (κ1) is 30.6. The zero-order valence-electron chi connectivity index (χ0n) is 28.6. The summed E-state index contributed by atoms with van der Waals surface area (Å²) in [4.78, 5) is 15.3. The molecule has 0 amide bonds. The Hall–Kier alpha value is -7.17. The van der Waals surface area contributed by atoms with Crippen molar-refractivity contribution in [2.75, 3.05) is 0 Å². The van der Waals surface area contributed by atoms with E-state index in [9.17, 15) is 0 Å². The molecule has 248 valence electrons. The molecule has 0 saturated heterocycles. The standard InChI is InChI=1S/C49H31N3O/c1-3-12-32(13-4-1)39-29-40(42-19-11-21-45-46(42)43-18-9-10-20-44(43)53-45)31-41(30-39)49-51-47(35-15-5-2-6-16-35)50-48(52-49)36-25-22-34(23-26-36)38-27-24-33-14-7-8-17-37(33)28-38/h1-31H. The van der Waals surface area contributed by atoms with E-state index in [-0.39, 0.29) is 0 Å². The second-order valence-corrected chi connectivity index (χ2v) is 13.3. The highest BCUT2D eigenvalue weighted by Gasteiger charge is 2.17. The number of furan rings is 1. The Labute approximate surface area is 306 Å². The lowest BCUT2D eigenvalue weighted by molar-refractivity contribution is 0.669. The van der Waals surface area contributed by atoms with Crippen LogP contribution in [0.25, 0.3) is 100 Å². The minimum Gasteiger partial charge on any atom is -0.456 e. The molecule has 10 rings (SSSR count). The summed E-state index contributed by atoms with van der Waals surface area (Å²) in [6.45, 7) is 0. The van der Waals surface area contributed by atoms with Crippen molar-refractivity contribution in [2.24, 2.45) is 0 Å². The fraction of sp³-hybridized carbons (Fsp3) is 0. The maximum atomic E-state index is 6.30. The van der Waals surface area contributed by atoms with Gasteiger partial charge in [-0.2, -0.15) is 0 Å². The van der Waals surface area contributed by atoms with Crippen molar-refractivity contribution in [3.05, 3.63) is 188 Å². The van der Waals surface area contributed by atoms with Gasteiger partial charge in [0, 0.05) is 27.5 Å². The summed E-state index contributed by atoms with van der Waals surface area (Å²) in [6, 6.07) is 65.3. The zero-order valence-corrected chi connectivity index (χ0v) is 28.6. The number of aromatic nitrogens is 3. The first-order chi connectivity index (χ1) is 26.2. The maximum Gasteiger partial charge on any atom is 0.164 e. The molecule has 0 fully saturated rings. The van der Waals surface area contributed by atoms with E-state index >= 15 is 0 Å². The highest BCUT2D eigenvalue weighted by Crippen LogP contribution is 2.40. The molecule has 0 atom stereocenters. The van der Waals surface area contributed by atoms with Gasteiger partial charge in [-0.1, -0.05) is 152 Å². The smallest absolute Gasteiger partial charge is 0.164 e. The molecular formula is C49H31N3O. The zero-order chi connectivity index (χ0) is 35.1. The molecule has 4 nitrogen and oxygen atoms in total. The topological polar surface area (TPSA) is 51.8 Å². The molecule has 8 aromatic carbocycles. The maximum absolute atomic E-state index is 6.30. The molecule has 0 spiro atoms. The first-order valence-corrected chi connectivity index (χ1v) is 17.8. The number of hydrogen-bond acceptors (Lipinski definition) is 4. The van der Waals surface area contributed by atoms with Gasteiger partial charge >= 0.3 is 0 Å². The van der Waals surface area contributed by atoms with Crippen molar-refractivity contribution in [3.8, 4) is 67.5 Å². The van der Waals surface area contributed by atoms with Crippen LogP contribution in [0, 0.1) is 0 Å². The van der Waals surface area contributed by atoms with Crippen LogP contribution in [0.4, 0.5) is 0 Å². The van der Waals surface area contributed by atoms with Crippen LogP contribution in [-0.2, 0) is 0 Å². The molecule has 0 unspecified atom stereocenters. The first-order valence-electron chi connectivity index (χ1n) is 17.8. The largest absolute Gasteiger partial charge is 0.456 e.